The molecule has 0 bridgehead atoms. The van der Waals surface area contributed by atoms with Gasteiger partial charge < -0.3 is 0 Å². The molecule has 0 spiro atoms. The van der Waals surface area contributed by atoms with Gasteiger partial charge in [-0.2, -0.15) is 0 Å². The van der Waals surface area contributed by atoms with Crippen LogP contribution in [0.15, 0.2) is 34.1 Å². The summed E-state index contributed by atoms with van der Waals surface area (Å²) < 4.78 is 45.5. The monoisotopic (exact) mass is 296 g/mol. The largest absolute Gasteiger partial charge is 0.261 e. The summed E-state index contributed by atoms with van der Waals surface area (Å²) in [5.41, 5.74) is 0. The summed E-state index contributed by atoms with van der Waals surface area (Å²) in [6.45, 7) is 1.90. The van der Waals surface area contributed by atoms with Gasteiger partial charge in [-0.1, -0.05) is 13.3 Å². The van der Waals surface area contributed by atoms with Gasteiger partial charge in [0, 0.05) is 10.7 Å². The third-order valence-electron chi connectivity index (χ3n) is 2.23. The van der Waals surface area contributed by atoms with Crippen molar-refractivity contribution in [3.8, 4) is 0 Å². The summed E-state index contributed by atoms with van der Waals surface area (Å²) >= 11 is 0. The van der Waals surface area contributed by atoms with E-state index in [2.05, 4.69) is 0 Å². The van der Waals surface area contributed by atoms with Gasteiger partial charge in [0.25, 0.3) is 9.05 Å². The summed E-state index contributed by atoms with van der Waals surface area (Å²) in [5.74, 6) is 0.0659. The summed E-state index contributed by atoms with van der Waals surface area (Å²) in [6.07, 6.45) is 1.37. The van der Waals surface area contributed by atoms with E-state index < -0.39 is 18.9 Å². The maximum absolute atomic E-state index is 11.8. The fourth-order valence-electron chi connectivity index (χ4n) is 1.26. The Balaban J connectivity index is 3.03. The average Bonchev–Trinajstić information content (AvgIpc) is 2.25. The molecule has 0 saturated carbocycles. The van der Waals surface area contributed by atoms with Crippen LogP contribution in [0.2, 0.25) is 0 Å². The van der Waals surface area contributed by atoms with E-state index in [9.17, 15) is 16.8 Å². The van der Waals surface area contributed by atoms with E-state index in [1.54, 1.807) is 0 Å². The van der Waals surface area contributed by atoms with Gasteiger partial charge in [0.2, 0.25) is 0 Å². The predicted octanol–water partition coefficient (Wildman–Crippen LogP) is 2.19. The number of hydrogen-bond donors (Lipinski definition) is 0. The molecule has 0 atom stereocenters. The lowest BCUT2D eigenvalue weighted by molar-refractivity contribution is 0.592. The van der Waals surface area contributed by atoms with Crippen LogP contribution in [0.1, 0.15) is 19.8 Å². The van der Waals surface area contributed by atoms with Crippen LogP contribution in [0.4, 0.5) is 0 Å². The standard InChI is InChI=1S/C10H13ClO4S2/c1-2-3-8-16(12,13)9-4-6-10(7-5-9)17(11,14)15/h4-7H,2-3,8H2,1H3. The zero-order valence-corrected chi connectivity index (χ0v) is 11.6. The van der Waals surface area contributed by atoms with Gasteiger partial charge in [-0.05, 0) is 30.7 Å². The fraction of sp³-hybridized carbons (Fsp3) is 0.400. The first-order valence-electron chi connectivity index (χ1n) is 5.05. The zero-order chi connectivity index (χ0) is 13.1. The van der Waals surface area contributed by atoms with Crippen molar-refractivity contribution in [3.63, 3.8) is 0 Å². The number of unbranched alkanes of at least 4 members (excludes halogenated alkanes) is 1. The van der Waals surface area contributed by atoms with Crippen molar-refractivity contribution in [2.75, 3.05) is 5.75 Å². The van der Waals surface area contributed by atoms with Gasteiger partial charge in [-0.15, -0.1) is 0 Å². The summed E-state index contributed by atoms with van der Waals surface area (Å²) in [6, 6.07) is 4.92. The maximum Gasteiger partial charge on any atom is 0.261 e. The normalized spacial score (nSPS) is 12.6. The molecular formula is C10H13ClO4S2. The van der Waals surface area contributed by atoms with Crippen LogP contribution in [0, 0.1) is 0 Å². The highest BCUT2D eigenvalue weighted by atomic mass is 35.7. The molecule has 1 aromatic carbocycles. The topological polar surface area (TPSA) is 68.3 Å². The van der Waals surface area contributed by atoms with Gasteiger partial charge in [-0.25, -0.2) is 16.8 Å². The quantitative estimate of drug-likeness (QED) is 0.781. The molecular weight excluding hydrogens is 284 g/mol. The molecule has 0 fully saturated rings. The number of benzene rings is 1. The zero-order valence-electron chi connectivity index (χ0n) is 9.26. The van der Waals surface area contributed by atoms with Crippen LogP contribution in [-0.4, -0.2) is 22.6 Å². The van der Waals surface area contributed by atoms with Gasteiger partial charge in [0.15, 0.2) is 9.84 Å². The first-order chi connectivity index (χ1) is 7.77. The van der Waals surface area contributed by atoms with Crippen molar-refractivity contribution >= 4 is 29.6 Å². The molecule has 7 heteroatoms. The van der Waals surface area contributed by atoms with E-state index in [1.807, 2.05) is 6.92 Å². The van der Waals surface area contributed by atoms with Crippen molar-refractivity contribution in [3.05, 3.63) is 24.3 Å². The molecule has 0 heterocycles. The van der Waals surface area contributed by atoms with E-state index in [-0.39, 0.29) is 15.5 Å². The van der Waals surface area contributed by atoms with Crippen LogP contribution in [0.5, 0.6) is 0 Å². The fourth-order valence-corrected chi connectivity index (χ4v) is 3.49. The summed E-state index contributed by atoms with van der Waals surface area (Å²) in [7, 11) is -2.00. The molecule has 0 radical (unpaired) electrons. The third kappa shape index (κ3) is 3.97. The van der Waals surface area contributed by atoms with Crippen molar-refractivity contribution in [2.45, 2.75) is 29.6 Å². The predicted molar refractivity (Wildman–Crippen MR) is 66.4 cm³/mol. The molecule has 0 aliphatic heterocycles. The van der Waals surface area contributed by atoms with Gasteiger partial charge in [0.1, 0.15) is 0 Å². The Bertz CT molecular complexity index is 573. The Hall–Kier alpha value is -0.590. The second kappa shape index (κ2) is 5.37. The number of halogens is 1. The summed E-state index contributed by atoms with van der Waals surface area (Å²) in [4.78, 5) is 0.0172. The molecule has 0 saturated heterocycles. The Morgan fingerprint density at radius 3 is 1.88 bits per heavy atom. The van der Waals surface area contributed by atoms with Crippen molar-refractivity contribution in [1.29, 1.82) is 0 Å². The highest BCUT2D eigenvalue weighted by Crippen LogP contribution is 2.19. The molecule has 0 aliphatic carbocycles. The minimum absolute atomic E-state index is 0.0659. The van der Waals surface area contributed by atoms with Gasteiger partial charge in [-0.3, -0.25) is 0 Å². The molecule has 96 valence electrons. The van der Waals surface area contributed by atoms with E-state index in [0.717, 1.165) is 6.42 Å². The van der Waals surface area contributed by atoms with Crippen LogP contribution in [0.3, 0.4) is 0 Å². The van der Waals surface area contributed by atoms with Gasteiger partial charge >= 0.3 is 0 Å². The average molecular weight is 297 g/mol. The molecule has 17 heavy (non-hydrogen) atoms. The molecule has 1 rings (SSSR count). The molecule has 0 unspecified atom stereocenters. The van der Waals surface area contributed by atoms with Crippen LogP contribution >= 0.6 is 10.7 Å². The van der Waals surface area contributed by atoms with E-state index in [0.29, 0.717) is 6.42 Å². The summed E-state index contributed by atoms with van der Waals surface area (Å²) in [5, 5.41) is 0. The van der Waals surface area contributed by atoms with E-state index >= 15 is 0 Å². The minimum atomic E-state index is -3.80. The van der Waals surface area contributed by atoms with Gasteiger partial charge in [0.05, 0.1) is 15.5 Å². The lowest BCUT2D eigenvalue weighted by atomic mass is 10.4. The van der Waals surface area contributed by atoms with Crippen LogP contribution in [0.25, 0.3) is 0 Å². The smallest absolute Gasteiger partial charge is 0.224 e. The molecule has 0 amide bonds. The number of rotatable bonds is 5. The van der Waals surface area contributed by atoms with Crippen molar-refractivity contribution < 1.29 is 16.8 Å². The number of hydrogen-bond acceptors (Lipinski definition) is 4. The Morgan fingerprint density at radius 2 is 1.47 bits per heavy atom. The first-order valence-corrected chi connectivity index (χ1v) is 9.01. The minimum Gasteiger partial charge on any atom is -0.224 e. The lowest BCUT2D eigenvalue weighted by Gasteiger charge is -2.04. The Kier molecular flexibility index (Phi) is 4.57. The molecule has 1 aromatic rings. The maximum atomic E-state index is 11.8. The lowest BCUT2D eigenvalue weighted by Crippen LogP contribution is -2.06. The molecule has 0 aliphatic rings. The van der Waals surface area contributed by atoms with Crippen LogP contribution < -0.4 is 0 Å². The highest BCUT2D eigenvalue weighted by Gasteiger charge is 2.15. The SMILES string of the molecule is CCCCS(=O)(=O)c1ccc(S(=O)(=O)Cl)cc1. The van der Waals surface area contributed by atoms with Crippen molar-refractivity contribution in [2.24, 2.45) is 0 Å². The Morgan fingerprint density at radius 1 is 1.00 bits per heavy atom. The Labute approximate surface area is 106 Å². The van der Waals surface area contributed by atoms with Crippen molar-refractivity contribution in [1.82, 2.24) is 0 Å². The third-order valence-corrected chi connectivity index (χ3v) is 5.42. The second-order valence-corrected chi connectivity index (χ2v) is 8.26. The first kappa shape index (κ1) is 14.5. The van der Waals surface area contributed by atoms with E-state index in [4.69, 9.17) is 10.7 Å². The molecule has 0 N–H and O–H groups in total. The van der Waals surface area contributed by atoms with Crippen LogP contribution in [-0.2, 0) is 18.9 Å². The number of sulfone groups is 1. The molecule has 0 aromatic heterocycles. The highest BCUT2D eigenvalue weighted by molar-refractivity contribution is 8.13. The molecule has 4 nitrogen and oxygen atoms in total. The second-order valence-electron chi connectivity index (χ2n) is 3.58. The van der Waals surface area contributed by atoms with E-state index in [1.165, 1.54) is 24.3 Å².